The molecule has 0 spiro atoms. The minimum Gasteiger partial charge on any atom is -0.462 e. The Morgan fingerprint density at radius 1 is 0.534 bits per heavy atom. The van der Waals surface area contributed by atoms with Crippen molar-refractivity contribution in [1.29, 1.82) is 0 Å². The molecule has 0 aliphatic heterocycles. The fourth-order valence-corrected chi connectivity index (χ4v) is 6.94. The van der Waals surface area contributed by atoms with Crippen molar-refractivity contribution < 1.29 is 42.1 Å². The fourth-order valence-electron chi connectivity index (χ4n) is 6.20. The molecule has 9 nitrogen and oxygen atoms in total. The molecule has 0 aromatic carbocycles. The molecule has 0 aromatic rings. The molecular weight excluding hydrogens is 750 g/mol. The van der Waals surface area contributed by atoms with Gasteiger partial charge in [-0.2, -0.15) is 0 Å². The van der Waals surface area contributed by atoms with Gasteiger partial charge in [0, 0.05) is 12.8 Å². The van der Waals surface area contributed by atoms with Gasteiger partial charge in [0.25, 0.3) is 0 Å². The van der Waals surface area contributed by atoms with Crippen LogP contribution in [0.1, 0.15) is 194 Å². The fraction of sp³-hybridized carbons (Fsp3) is 0.792. The summed E-state index contributed by atoms with van der Waals surface area (Å²) in [7, 11) is 1.43. The maximum Gasteiger partial charge on any atom is 0.472 e. The first-order chi connectivity index (χ1) is 28.0. The molecule has 0 saturated carbocycles. The first-order valence-corrected chi connectivity index (χ1v) is 24.9. The van der Waals surface area contributed by atoms with Gasteiger partial charge < -0.3 is 18.9 Å². The second-order valence-electron chi connectivity index (χ2n) is 16.8. The predicted molar refractivity (Wildman–Crippen MR) is 243 cm³/mol. The molecular formula is C48H89NO8P+. The number of rotatable bonds is 42. The maximum atomic E-state index is 12.7. The van der Waals surface area contributed by atoms with Crippen LogP contribution in [0.15, 0.2) is 48.6 Å². The van der Waals surface area contributed by atoms with Gasteiger partial charge in [0.05, 0.1) is 27.7 Å². The molecule has 0 bridgehead atoms. The minimum atomic E-state index is -4.39. The summed E-state index contributed by atoms with van der Waals surface area (Å²) < 4.78 is 34.3. The van der Waals surface area contributed by atoms with E-state index in [-0.39, 0.29) is 32.0 Å². The minimum absolute atomic E-state index is 0.0190. The Morgan fingerprint density at radius 2 is 0.966 bits per heavy atom. The summed E-state index contributed by atoms with van der Waals surface area (Å²) in [5, 5.41) is 0. The van der Waals surface area contributed by atoms with E-state index < -0.39 is 26.5 Å². The molecule has 2 atom stereocenters. The lowest BCUT2D eigenvalue weighted by Gasteiger charge is -2.24. The summed E-state index contributed by atoms with van der Waals surface area (Å²) in [6.45, 7) is 4.34. The molecule has 10 heteroatoms. The third kappa shape index (κ3) is 43.5. The zero-order valence-corrected chi connectivity index (χ0v) is 38.9. The normalized spacial score (nSPS) is 14.0. The largest absolute Gasteiger partial charge is 0.472 e. The highest BCUT2D eigenvalue weighted by molar-refractivity contribution is 7.47. The van der Waals surface area contributed by atoms with E-state index in [0.29, 0.717) is 17.4 Å². The van der Waals surface area contributed by atoms with Crippen molar-refractivity contribution in [2.45, 2.75) is 200 Å². The van der Waals surface area contributed by atoms with Crippen LogP contribution in [-0.2, 0) is 32.7 Å². The van der Waals surface area contributed by atoms with Gasteiger partial charge in [-0.05, 0) is 44.9 Å². The maximum absolute atomic E-state index is 12.7. The number of hydrogen-bond acceptors (Lipinski definition) is 7. The number of hydrogen-bond donors (Lipinski definition) is 1. The summed E-state index contributed by atoms with van der Waals surface area (Å²) in [5.74, 6) is -0.888. The first kappa shape index (κ1) is 56.0. The number of allylic oxidation sites excluding steroid dienone is 8. The van der Waals surface area contributed by atoms with Crippen molar-refractivity contribution in [1.82, 2.24) is 0 Å². The van der Waals surface area contributed by atoms with Crippen LogP contribution >= 0.6 is 7.82 Å². The molecule has 0 amide bonds. The Hall–Kier alpha value is -2.03. The van der Waals surface area contributed by atoms with Crippen LogP contribution in [0.5, 0.6) is 0 Å². The number of quaternary nitrogens is 1. The van der Waals surface area contributed by atoms with Gasteiger partial charge in [0.2, 0.25) is 0 Å². The monoisotopic (exact) mass is 839 g/mol. The van der Waals surface area contributed by atoms with E-state index in [1.54, 1.807) is 0 Å². The number of phosphoric acid groups is 1. The third-order valence-corrected chi connectivity index (χ3v) is 10.9. The molecule has 338 valence electrons. The van der Waals surface area contributed by atoms with Crippen molar-refractivity contribution in [3.8, 4) is 0 Å². The highest BCUT2D eigenvalue weighted by atomic mass is 31.2. The lowest BCUT2D eigenvalue weighted by molar-refractivity contribution is -0.870. The van der Waals surface area contributed by atoms with E-state index in [0.717, 1.165) is 38.5 Å². The Bertz CT molecular complexity index is 1130. The van der Waals surface area contributed by atoms with E-state index in [1.807, 2.05) is 33.3 Å². The molecule has 0 saturated heterocycles. The topological polar surface area (TPSA) is 108 Å². The van der Waals surface area contributed by atoms with Crippen LogP contribution in [0.3, 0.4) is 0 Å². The van der Waals surface area contributed by atoms with Crippen molar-refractivity contribution in [2.75, 3.05) is 47.5 Å². The van der Waals surface area contributed by atoms with Crippen LogP contribution in [-0.4, -0.2) is 74.9 Å². The van der Waals surface area contributed by atoms with E-state index in [2.05, 4.69) is 50.3 Å². The van der Waals surface area contributed by atoms with Gasteiger partial charge in [-0.15, -0.1) is 0 Å². The lowest BCUT2D eigenvalue weighted by atomic mass is 10.0. The van der Waals surface area contributed by atoms with Gasteiger partial charge in [0.1, 0.15) is 19.8 Å². The number of likely N-dealkylation sites (N-methyl/N-ethyl adjacent to an activating group) is 1. The van der Waals surface area contributed by atoms with Crippen molar-refractivity contribution in [2.24, 2.45) is 0 Å². The summed E-state index contributed by atoms with van der Waals surface area (Å²) >= 11 is 0. The zero-order valence-electron chi connectivity index (χ0n) is 38.0. The van der Waals surface area contributed by atoms with Gasteiger partial charge in [-0.25, -0.2) is 4.57 Å². The van der Waals surface area contributed by atoms with Gasteiger partial charge in [0.15, 0.2) is 6.10 Å². The van der Waals surface area contributed by atoms with Crippen LogP contribution in [0.25, 0.3) is 0 Å². The predicted octanol–water partition coefficient (Wildman–Crippen LogP) is 13.5. The number of esters is 2. The molecule has 1 N–H and O–H groups in total. The number of carbonyl (C=O) groups excluding carboxylic acids is 2. The third-order valence-electron chi connectivity index (χ3n) is 9.88. The average molecular weight is 839 g/mol. The second-order valence-corrected chi connectivity index (χ2v) is 18.2. The first-order valence-electron chi connectivity index (χ1n) is 23.4. The number of phosphoric ester groups is 1. The standard InChI is InChI=1S/C48H88NO8P/c1-6-8-10-12-14-16-18-20-22-23-24-25-27-29-31-33-35-37-39-41-48(51)57-46(45-56-58(52,53)55-43-42-49(3,4)5)44-54-47(50)40-38-36-34-32-30-28-26-21-19-17-15-13-11-9-7-2/h20,22,24-25,29,31,35,37,46H,6-19,21,23,26-28,30,32-34,36,38-45H2,1-5H3/p+1/b22-20-,25-24-,31-29-,37-35-. The van der Waals surface area contributed by atoms with E-state index in [1.165, 1.54) is 122 Å². The second kappa shape index (κ2) is 40.4. The lowest BCUT2D eigenvalue weighted by Crippen LogP contribution is -2.37. The zero-order chi connectivity index (χ0) is 42.8. The number of carbonyl (C=O) groups is 2. The Morgan fingerprint density at radius 3 is 1.45 bits per heavy atom. The summed E-state index contributed by atoms with van der Waals surface area (Å²) in [6, 6.07) is 0. The number of ether oxygens (including phenoxy) is 2. The van der Waals surface area contributed by atoms with Crippen LogP contribution < -0.4 is 0 Å². The Balaban J connectivity index is 4.44. The number of nitrogens with zero attached hydrogens (tertiary/aromatic N) is 1. The van der Waals surface area contributed by atoms with Gasteiger partial charge >= 0.3 is 19.8 Å². The van der Waals surface area contributed by atoms with Crippen LogP contribution in [0, 0.1) is 0 Å². The van der Waals surface area contributed by atoms with Gasteiger partial charge in [-0.1, -0.05) is 184 Å². The Labute approximate surface area is 356 Å². The number of unbranched alkanes of at least 4 members (excludes halogenated alkanes) is 20. The summed E-state index contributed by atoms with van der Waals surface area (Å²) in [4.78, 5) is 35.4. The SMILES string of the molecule is CCCCCCCC/C=C\C/C=C\C/C=C\C/C=C\CCC(=O)OC(COC(=O)CCCCCCCCCCCCCCCCC)COP(=O)(O)OCC[N+](C)(C)C. The molecule has 0 aromatic heterocycles. The van der Waals surface area contributed by atoms with Crippen molar-refractivity contribution >= 4 is 19.8 Å². The van der Waals surface area contributed by atoms with E-state index in [9.17, 15) is 19.0 Å². The molecule has 2 unspecified atom stereocenters. The summed E-state index contributed by atoms with van der Waals surface area (Å²) in [6.07, 6.45) is 47.5. The quantitative estimate of drug-likeness (QED) is 0.0213. The molecule has 0 radical (unpaired) electrons. The molecule has 0 aliphatic rings. The highest BCUT2D eigenvalue weighted by Crippen LogP contribution is 2.43. The van der Waals surface area contributed by atoms with Gasteiger partial charge in [-0.3, -0.25) is 18.6 Å². The summed E-state index contributed by atoms with van der Waals surface area (Å²) in [5.41, 5.74) is 0. The molecule has 0 heterocycles. The van der Waals surface area contributed by atoms with Crippen LogP contribution in [0.4, 0.5) is 0 Å². The molecule has 0 fully saturated rings. The Kier molecular flexibility index (Phi) is 39.0. The van der Waals surface area contributed by atoms with Crippen LogP contribution in [0.2, 0.25) is 0 Å². The smallest absolute Gasteiger partial charge is 0.462 e. The van der Waals surface area contributed by atoms with E-state index >= 15 is 0 Å². The highest BCUT2D eigenvalue weighted by Gasteiger charge is 2.27. The average Bonchev–Trinajstić information content (AvgIpc) is 3.17. The van der Waals surface area contributed by atoms with E-state index in [4.69, 9.17) is 18.5 Å². The van der Waals surface area contributed by atoms with Crippen molar-refractivity contribution in [3.63, 3.8) is 0 Å². The molecule has 0 aliphatic carbocycles. The molecule has 58 heavy (non-hydrogen) atoms. The molecule has 0 rings (SSSR count). The van der Waals surface area contributed by atoms with Crippen molar-refractivity contribution in [3.05, 3.63) is 48.6 Å².